The molecule has 46 heavy (non-hydrogen) atoms. The molecule has 0 bridgehead atoms. The number of furan rings is 1. The maximum absolute atomic E-state index is 6.52. The molecule has 0 amide bonds. The topological polar surface area (TPSA) is 31.0 Å². The molecule has 5 heteroatoms. The van der Waals surface area contributed by atoms with E-state index in [0.717, 1.165) is 48.4 Å². The van der Waals surface area contributed by atoms with Gasteiger partial charge in [0, 0.05) is 42.6 Å². The summed E-state index contributed by atoms with van der Waals surface area (Å²) in [6.07, 6.45) is 0. The molecular formula is C41H22N2OS2. The molecule has 11 aromatic rings. The zero-order chi connectivity index (χ0) is 29.9. The second-order valence-electron chi connectivity index (χ2n) is 11.9. The zero-order valence-electron chi connectivity index (χ0n) is 24.3. The number of nitrogens with zero attached hydrogens (tertiary/aromatic N) is 2. The Kier molecular flexibility index (Phi) is 4.87. The van der Waals surface area contributed by atoms with Gasteiger partial charge < -0.3 is 4.42 Å². The first kappa shape index (κ1) is 24.8. The van der Waals surface area contributed by atoms with Crippen molar-refractivity contribution in [2.45, 2.75) is 0 Å². The number of hydrogen-bond donors (Lipinski definition) is 0. The summed E-state index contributed by atoms with van der Waals surface area (Å²) in [7, 11) is 0. The molecule has 4 aromatic heterocycles. The normalized spacial score (nSPS) is 12.3. The molecule has 3 nitrogen and oxygen atoms in total. The second-order valence-corrected chi connectivity index (χ2v) is 14.0. The Labute approximate surface area is 270 Å². The number of benzene rings is 7. The minimum absolute atomic E-state index is 0.890. The standard InChI is InChI=1S/C41H22N2OS2/c1-2-10-24-21-25(18-17-23(24)9-1)31-22-34-36(30-13-4-7-15-33(30)44-34)40-37(31)42-41(46-40)43-32-14-6-3-11-26(32)28-19-20-29-27-12-5-8-16-35(27)45-39(29)38(28)43/h1-22H. The summed E-state index contributed by atoms with van der Waals surface area (Å²) in [5.74, 6) is 0. The van der Waals surface area contributed by atoms with Crippen molar-refractivity contribution in [2.24, 2.45) is 0 Å². The quantitative estimate of drug-likeness (QED) is 0.192. The number of thiophene rings is 1. The molecule has 11 rings (SSSR count). The molecular weight excluding hydrogens is 601 g/mol. The number of thiazole rings is 1. The van der Waals surface area contributed by atoms with Crippen molar-refractivity contribution >= 4 is 108 Å². The third kappa shape index (κ3) is 3.28. The summed E-state index contributed by atoms with van der Waals surface area (Å²) in [6, 6.07) is 47.8. The molecule has 0 aliphatic heterocycles. The van der Waals surface area contributed by atoms with Gasteiger partial charge in [-0.2, -0.15) is 0 Å². The van der Waals surface area contributed by atoms with Crippen molar-refractivity contribution in [1.82, 2.24) is 9.55 Å². The summed E-state index contributed by atoms with van der Waals surface area (Å²) in [5, 5.41) is 10.7. The average molecular weight is 623 g/mol. The molecule has 0 saturated heterocycles. The zero-order valence-corrected chi connectivity index (χ0v) is 26.0. The molecule has 7 aromatic carbocycles. The second kappa shape index (κ2) is 9.04. The van der Waals surface area contributed by atoms with Crippen LogP contribution in [0.4, 0.5) is 0 Å². The molecule has 0 saturated carbocycles. The fourth-order valence-corrected chi connectivity index (χ4v) is 9.77. The molecule has 0 fully saturated rings. The van der Waals surface area contributed by atoms with Gasteiger partial charge in [-0.1, -0.05) is 114 Å². The molecule has 0 radical (unpaired) electrons. The molecule has 0 spiro atoms. The lowest BCUT2D eigenvalue weighted by Crippen LogP contribution is -1.93. The van der Waals surface area contributed by atoms with Crippen LogP contribution in [0.25, 0.3) is 101 Å². The van der Waals surface area contributed by atoms with Crippen LogP contribution in [-0.2, 0) is 0 Å². The van der Waals surface area contributed by atoms with Gasteiger partial charge >= 0.3 is 0 Å². The van der Waals surface area contributed by atoms with E-state index >= 15 is 0 Å². The SMILES string of the molecule is c1ccc2cc(-c3cc4oc5ccccc5c4c4sc(-n5c6ccccc6c6ccc7c8ccccc8sc7c65)nc34)ccc2c1. The molecule has 214 valence electrons. The smallest absolute Gasteiger partial charge is 0.195 e. The Hall–Kier alpha value is -5.49. The Bertz CT molecular complexity index is 3050. The van der Waals surface area contributed by atoms with Crippen molar-refractivity contribution in [3.63, 3.8) is 0 Å². The predicted molar refractivity (Wildman–Crippen MR) is 197 cm³/mol. The summed E-state index contributed by atoms with van der Waals surface area (Å²) < 4.78 is 12.7. The van der Waals surface area contributed by atoms with E-state index in [1.165, 1.54) is 52.8 Å². The van der Waals surface area contributed by atoms with E-state index in [1.54, 1.807) is 11.3 Å². The molecule has 0 atom stereocenters. The fraction of sp³-hybridized carbons (Fsp3) is 0. The number of para-hydroxylation sites is 2. The Morgan fingerprint density at radius 2 is 1.30 bits per heavy atom. The lowest BCUT2D eigenvalue weighted by atomic mass is 9.99. The van der Waals surface area contributed by atoms with E-state index in [4.69, 9.17) is 9.40 Å². The summed E-state index contributed by atoms with van der Waals surface area (Å²) in [6.45, 7) is 0. The number of aromatic nitrogens is 2. The first-order valence-electron chi connectivity index (χ1n) is 15.4. The van der Waals surface area contributed by atoms with Crippen LogP contribution < -0.4 is 0 Å². The monoisotopic (exact) mass is 622 g/mol. The average Bonchev–Trinajstić information content (AvgIpc) is 3.87. The summed E-state index contributed by atoms with van der Waals surface area (Å²) in [4.78, 5) is 5.55. The lowest BCUT2D eigenvalue weighted by Gasteiger charge is -2.06. The van der Waals surface area contributed by atoms with Crippen LogP contribution in [0.2, 0.25) is 0 Å². The van der Waals surface area contributed by atoms with Crippen LogP contribution in [0.15, 0.2) is 138 Å². The van der Waals surface area contributed by atoms with Gasteiger partial charge in [0.2, 0.25) is 0 Å². The van der Waals surface area contributed by atoms with Crippen LogP contribution in [0.3, 0.4) is 0 Å². The van der Waals surface area contributed by atoms with Crippen molar-refractivity contribution < 1.29 is 4.42 Å². The minimum Gasteiger partial charge on any atom is -0.456 e. The van der Waals surface area contributed by atoms with Gasteiger partial charge in [0.15, 0.2) is 5.13 Å². The maximum Gasteiger partial charge on any atom is 0.195 e. The van der Waals surface area contributed by atoms with Crippen LogP contribution in [0, 0.1) is 0 Å². The Morgan fingerprint density at radius 3 is 2.24 bits per heavy atom. The molecule has 0 aliphatic carbocycles. The lowest BCUT2D eigenvalue weighted by molar-refractivity contribution is 0.669. The van der Waals surface area contributed by atoms with Crippen LogP contribution in [0.5, 0.6) is 0 Å². The Morgan fingerprint density at radius 1 is 0.543 bits per heavy atom. The van der Waals surface area contributed by atoms with E-state index < -0.39 is 0 Å². The van der Waals surface area contributed by atoms with Crippen molar-refractivity contribution in [1.29, 1.82) is 0 Å². The van der Waals surface area contributed by atoms with Gasteiger partial charge in [0.1, 0.15) is 11.2 Å². The van der Waals surface area contributed by atoms with Gasteiger partial charge in [0.05, 0.1) is 25.9 Å². The fourth-order valence-electron chi connectivity index (χ4n) is 7.36. The van der Waals surface area contributed by atoms with Crippen molar-refractivity contribution in [3.8, 4) is 16.3 Å². The predicted octanol–water partition coefficient (Wildman–Crippen LogP) is 12.5. The molecule has 4 heterocycles. The summed E-state index contributed by atoms with van der Waals surface area (Å²) >= 11 is 3.63. The third-order valence-corrected chi connectivity index (χ3v) is 11.7. The van der Waals surface area contributed by atoms with E-state index in [2.05, 4.69) is 132 Å². The van der Waals surface area contributed by atoms with Crippen LogP contribution in [0.1, 0.15) is 0 Å². The first-order chi connectivity index (χ1) is 22.8. The molecule has 0 N–H and O–H groups in total. The highest BCUT2D eigenvalue weighted by Crippen LogP contribution is 2.47. The third-order valence-electron chi connectivity index (χ3n) is 9.43. The summed E-state index contributed by atoms with van der Waals surface area (Å²) in [5.41, 5.74) is 7.40. The Balaban J connectivity index is 1.30. The largest absolute Gasteiger partial charge is 0.456 e. The van der Waals surface area contributed by atoms with Crippen LogP contribution in [-0.4, -0.2) is 9.55 Å². The van der Waals surface area contributed by atoms with E-state index in [-0.39, 0.29) is 0 Å². The maximum atomic E-state index is 6.52. The highest BCUT2D eigenvalue weighted by Gasteiger charge is 2.23. The number of fused-ring (bicyclic) bond motifs is 13. The van der Waals surface area contributed by atoms with E-state index in [1.807, 2.05) is 17.4 Å². The van der Waals surface area contributed by atoms with Crippen LogP contribution >= 0.6 is 22.7 Å². The van der Waals surface area contributed by atoms with E-state index in [9.17, 15) is 0 Å². The highest BCUT2D eigenvalue weighted by atomic mass is 32.1. The number of rotatable bonds is 2. The van der Waals surface area contributed by atoms with E-state index in [0.29, 0.717) is 0 Å². The van der Waals surface area contributed by atoms with Gasteiger partial charge in [-0.3, -0.25) is 4.57 Å². The van der Waals surface area contributed by atoms with Gasteiger partial charge in [-0.15, -0.1) is 11.3 Å². The molecule has 0 aliphatic rings. The van der Waals surface area contributed by atoms with Crippen molar-refractivity contribution in [2.75, 3.05) is 0 Å². The minimum atomic E-state index is 0.890. The van der Waals surface area contributed by atoms with Gasteiger partial charge in [-0.05, 0) is 46.7 Å². The van der Waals surface area contributed by atoms with Gasteiger partial charge in [-0.25, -0.2) is 4.98 Å². The first-order valence-corrected chi connectivity index (χ1v) is 17.0. The van der Waals surface area contributed by atoms with Gasteiger partial charge in [0.25, 0.3) is 0 Å². The van der Waals surface area contributed by atoms with Crippen molar-refractivity contribution in [3.05, 3.63) is 133 Å². The number of hydrogen-bond acceptors (Lipinski definition) is 4. The molecule has 0 unspecified atom stereocenters. The highest BCUT2D eigenvalue weighted by molar-refractivity contribution is 7.26.